The third kappa shape index (κ3) is 4.59. The van der Waals surface area contributed by atoms with Crippen LogP contribution in [0.4, 0.5) is 18.9 Å². The van der Waals surface area contributed by atoms with Crippen molar-refractivity contribution < 1.29 is 22.8 Å². The molecule has 0 spiro atoms. The molecule has 2 aromatic rings. The number of pyridine rings is 1. The second kappa shape index (κ2) is 7.99. The number of alkyl halides is 3. The Hall–Kier alpha value is -2.90. The highest BCUT2D eigenvalue weighted by Gasteiger charge is 2.30. The quantitative estimate of drug-likeness (QED) is 0.876. The lowest BCUT2D eigenvalue weighted by atomic mass is 10.1. The van der Waals surface area contributed by atoms with Crippen LogP contribution >= 0.6 is 0 Å². The summed E-state index contributed by atoms with van der Waals surface area (Å²) in [6.45, 7) is 4.65. The number of amides is 2. The first kappa shape index (κ1) is 19.4. The second-order valence-corrected chi connectivity index (χ2v) is 5.44. The fourth-order valence-electron chi connectivity index (χ4n) is 2.34. The summed E-state index contributed by atoms with van der Waals surface area (Å²) < 4.78 is 38.2. The van der Waals surface area contributed by atoms with E-state index in [1.807, 2.05) is 13.8 Å². The van der Waals surface area contributed by atoms with Crippen molar-refractivity contribution in [1.82, 2.24) is 9.88 Å². The average Bonchev–Trinajstić information content (AvgIpc) is 2.62. The first-order chi connectivity index (χ1) is 12.3. The number of carbonyl (C=O) groups is 2. The number of aromatic nitrogens is 1. The molecule has 0 unspecified atom stereocenters. The first-order valence-electron chi connectivity index (χ1n) is 8.00. The maximum Gasteiger partial charge on any atom is 0.416 e. The van der Waals surface area contributed by atoms with Gasteiger partial charge in [-0.25, -0.2) is 0 Å². The molecule has 26 heavy (non-hydrogen) atoms. The van der Waals surface area contributed by atoms with Crippen molar-refractivity contribution in [1.29, 1.82) is 0 Å². The maximum absolute atomic E-state index is 12.7. The van der Waals surface area contributed by atoms with Gasteiger partial charge in [-0.2, -0.15) is 13.2 Å². The molecule has 0 bridgehead atoms. The van der Waals surface area contributed by atoms with Gasteiger partial charge in [-0.3, -0.25) is 14.6 Å². The van der Waals surface area contributed by atoms with Gasteiger partial charge in [-0.15, -0.1) is 0 Å². The Morgan fingerprint density at radius 3 is 2.42 bits per heavy atom. The summed E-state index contributed by atoms with van der Waals surface area (Å²) in [4.78, 5) is 30.1. The molecule has 1 aromatic carbocycles. The van der Waals surface area contributed by atoms with Crippen LogP contribution in [0.25, 0.3) is 0 Å². The molecule has 2 rings (SSSR count). The molecule has 1 heterocycles. The Morgan fingerprint density at radius 1 is 1.12 bits per heavy atom. The molecule has 5 nitrogen and oxygen atoms in total. The molecular weight excluding hydrogens is 347 g/mol. The van der Waals surface area contributed by atoms with Crippen LogP contribution in [-0.2, 0) is 6.18 Å². The zero-order valence-corrected chi connectivity index (χ0v) is 14.3. The molecular formula is C18H18F3N3O2. The monoisotopic (exact) mass is 365 g/mol. The number of halogens is 3. The lowest BCUT2D eigenvalue weighted by molar-refractivity contribution is -0.137. The van der Waals surface area contributed by atoms with Gasteiger partial charge in [-0.1, -0.05) is 6.07 Å². The summed E-state index contributed by atoms with van der Waals surface area (Å²) in [6.07, 6.45) is -3.18. The van der Waals surface area contributed by atoms with Crippen LogP contribution in [0.2, 0.25) is 0 Å². The second-order valence-electron chi connectivity index (χ2n) is 5.44. The minimum atomic E-state index is -4.50. The molecule has 1 N–H and O–H groups in total. The molecule has 0 aliphatic heterocycles. The Bertz CT molecular complexity index is 802. The molecule has 0 aliphatic carbocycles. The number of hydrogen-bond acceptors (Lipinski definition) is 3. The molecule has 138 valence electrons. The summed E-state index contributed by atoms with van der Waals surface area (Å²) >= 11 is 0. The number of hydrogen-bond donors (Lipinski definition) is 1. The third-order valence-corrected chi connectivity index (χ3v) is 3.74. The van der Waals surface area contributed by atoms with E-state index in [9.17, 15) is 22.8 Å². The predicted octanol–water partition coefficient (Wildman–Crippen LogP) is 3.83. The van der Waals surface area contributed by atoms with Gasteiger partial charge < -0.3 is 10.2 Å². The number of nitrogens with zero attached hydrogens (tertiary/aromatic N) is 2. The van der Waals surface area contributed by atoms with Gasteiger partial charge in [0, 0.05) is 30.5 Å². The fourth-order valence-corrected chi connectivity index (χ4v) is 2.34. The highest BCUT2D eigenvalue weighted by molar-refractivity contribution is 6.05. The van der Waals surface area contributed by atoms with Gasteiger partial charge in [0.05, 0.1) is 5.56 Å². The number of nitrogens with one attached hydrogen (secondary N) is 1. The van der Waals surface area contributed by atoms with E-state index < -0.39 is 17.6 Å². The largest absolute Gasteiger partial charge is 0.416 e. The maximum atomic E-state index is 12.7. The Balaban J connectivity index is 2.21. The van der Waals surface area contributed by atoms with Crippen LogP contribution in [0.3, 0.4) is 0 Å². The van der Waals surface area contributed by atoms with Gasteiger partial charge in [0.25, 0.3) is 11.8 Å². The van der Waals surface area contributed by atoms with E-state index in [4.69, 9.17) is 0 Å². The smallest absolute Gasteiger partial charge is 0.338 e. The van der Waals surface area contributed by atoms with Crippen LogP contribution in [0, 0.1) is 0 Å². The SMILES string of the molecule is CCN(CC)C(=O)c1cc(C(=O)Nc2cccc(C(F)(F)F)c2)ccn1. The van der Waals surface area contributed by atoms with Crippen LogP contribution in [0.5, 0.6) is 0 Å². The van der Waals surface area contributed by atoms with Crippen molar-refractivity contribution in [2.45, 2.75) is 20.0 Å². The number of anilines is 1. The van der Waals surface area contributed by atoms with Crippen LogP contribution in [0.15, 0.2) is 42.6 Å². The van der Waals surface area contributed by atoms with Crippen LogP contribution in [0.1, 0.15) is 40.3 Å². The van der Waals surface area contributed by atoms with Gasteiger partial charge in [0.2, 0.25) is 0 Å². The highest BCUT2D eigenvalue weighted by atomic mass is 19.4. The minimum Gasteiger partial charge on any atom is -0.338 e. The molecule has 0 aliphatic rings. The lowest BCUT2D eigenvalue weighted by Gasteiger charge is -2.18. The number of rotatable bonds is 5. The summed E-state index contributed by atoms with van der Waals surface area (Å²) in [5.41, 5.74) is -0.612. The zero-order chi connectivity index (χ0) is 19.3. The van der Waals surface area contributed by atoms with E-state index in [2.05, 4.69) is 10.3 Å². The fraction of sp³-hybridized carbons (Fsp3) is 0.278. The molecule has 1 aromatic heterocycles. The van der Waals surface area contributed by atoms with E-state index in [1.165, 1.54) is 30.5 Å². The summed E-state index contributed by atoms with van der Waals surface area (Å²) in [7, 11) is 0. The van der Waals surface area contributed by atoms with Crippen molar-refractivity contribution in [2.24, 2.45) is 0 Å². The molecule has 8 heteroatoms. The predicted molar refractivity (Wildman–Crippen MR) is 90.9 cm³/mol. The molecule has 0 fully saturated rings. The summed E-state index contributed by atoms with van der Waals surface area (Å²) in [5.74, 6) is -0.941. The van der Waals surface area contributed by atoms with Gasteiger partial charge in [0.15, 0.2) is 0 Å². The molecule has 0 radical (unpaired) electrons. The van der Waals surface area contributed by atoms with Gasteiger partial charge in [0.1, 0.15) is 5.69 Å². The number of benzene rings is 1. The Morgan fingerprint density at radius 2 is 1.81 bits per heavy atom. The van der Waals surface area contributed by atoms with E-state index in [0.29, 0.717) is 13.1 Å². The van der Waals surface area contributed by atoms with Crippen molar-refractivity contribution in [3.05, 3.63) is 59.4 Å². The number of carbonyl (C=O) groups excluding carboxylic acids is 2. The van der Waals surface area contributed by atoms with Crippen molar-refractivity contribution >= 4 is 17.5 Å². The lowest BCUT2D eigenvalue weighted by Crippen LogP contribution is -2.31. The highest BCUT2D eigenvalue weighted by Crippen LogP contribution is 2.30. The van der Waals surface area contributed by atoms with Crippen molar-refractivity contribution in [3.63, 3.8) is 0 Å². The van der Waals surface area contributed by atoms with E-state index in [1.54, 1.807) is 4.90 Å². The topological polar surface area (TPSA) is 62.3 Å². The third-order valence-electron chi connectivity index (χ3n) is 3.74. The van der Waals surface area contributed by atoms with Crippen LogP contribution in [-0.4, -0.2) is 34.8 Å². The minimum absolute atomic E-state index is 0.0123. The van der Waals surface area contributed by atoms with Crippen molar-refractivity contribution in [2.75, 3.05) is 18.4 Å². The molecule has 2 amide bonds. The first-order valence-corrected chi connectivity index (χ1v) is 8.00. The van der Waals surface area contributed by atoms with E-state index >= 15 is 0 Å². The zero-order valence-electron chi connectivity index (χ0n) is 14.3. The van der Waals surface area contributed by atoms with Gasteiger partial charge in [-0.05, 0) is 44.2 Å². The van der Waals surface area contributed by atoms with Gasteiger partial charge >= 0.3 is 6.18 Å². The molecule has 0 atom stereocenters. The average molecular weight is 365 g/mol. The summed E-state index contributed by atoms with van der Waals surface area (Å²) in [6, 6.07) is 7.05. The van der Waals surface area contributed by atoms with E-state index in [0.717, 1.165) is 12.1 Å². The van der Waals surface area contributed by atoms with E-state index in [-0.39, 0.29) is 22.9 Å². The molecule has 0 saturated carbocycles. The van der Waals surface area contributed by atoms with Crippen LogP contribution < -0.4 is 5.32 Å². The Labute approximate surface area is 148 Å². The normalized spacial score (nSPS) is 11.1. The Kier molecular flexibility index (Phi) is 5.97. The van der Waals surface area contributed by atoms with Crippen molar-refractivity contribution in [3.8, 4) is 0 Å². The molecule has 0 saturated heterocycles. The summed E-state index contributed by atoms with van der Waals surface area (Å²) in [5, 5.41) is 2.40. The standard InChI is InChI=1S/C18H18F3N3O2/c1-3-24(4-2)17(26)15-10-12(8-9-22-15)16(25)23-14-7-5-6-13(11-14)18(19,20)21/h5-11H,3-4H2,1-2H3,(H,23,25).